The zero-order chi connectivity index (χ0) is 16.7. The maximum absolute atomic E-state index is 11.4. The van der Waals surface area contributed by atoms with E-state index in [4.69, 9.17) is 10.00 Å². The van der Waals surface area contributed by atoms with E-state index in [1.807, 2.05) is 6.07 Å². The van der Waals surface area contributed by atoms with Gasteiger partial charge in [-0.1, -0.05) is 6.07 Å². The first-order valence-electron chi connectivity index (χ1n) is 6.75. The molecule has 2 rings (SSSR count). The number of rotatable bonds is 6. The quantitative estimate of drug-likeness (QED) is 0.478. The van der Waals surface area contributed by atoms with Gasteiger partial charge in [0.25, 0.3) is 0 Å². The summed E-state index contributed by atoms with van der Waals surface area (Å²) in [6, 6.07) is 6.69. The van der Waals surface area contributed by atoms with Crippen molar-refractivity contribution < 1.29 is 14.6 Å². The molecule has 0 fully saturated rings. The number of carbonyl (C=O) groups is 1. The van der Waals surface area contributed by atoms with Gasteiger partial charge in [-0.2, -0.15) is 10.4 Å². The molecule has 0 aliphatic heterocycles. The van der Waals surface area contributed by atoms with Crippen LogP contribution in [0.25, 0.3) is 0 Å². The zero-order valence-electron chi connectivity index (χ0n) is 12.3. The number of anilines is 1. The highest BCUT2D eigenvalue weighted by Crippen LogP contribution is 2.20. The molecule has 2 aromatic rings. The number of aromatic nitrogens is 1. The van der Waals surface area contributed by atoms with Crippen molar-refractivity contribution in [3.8, 4) is 11.8 Å². The van der Waals surface area contributed by atoms with Crippen molar-refractivity contribution in [3.63, 3.8) is 0 Å². The molecule has 7 nitrogen and oxygen atoms in total. The molecule has 8 heteroatoms. The van der Waals surface area contributed by atoms with Crippen molar-refractivity contribution in [1.82, 2.24) is 4.98 Å². The van der Waals surface area contributed by atoms with E-state index in [9.17, 15) is 9.90 Å². The number of para-hydroxylation sites is 1. The second kappa shape index (κ2) is 7.91. The van der Waals surface area contributed by atoms with Crippen LogP contribution in [0.15, 0.2) is 28.7 Å². The number of hydrogen-bond acceptors (Lipinski definition) is 8. The highest BCUT2D eigenvalue weighted by molar-refractivity contribution is 7.13. The largest absolute Gasteiger partial charge is 0.506 e. The molecule has 0 unspecified atom stereocenters. The molecule has 0 saturated carbocycles. The van der Waals surface area contributed by atoms with Crippen LogP contribution in [-0.4, -0.2) is 28.9 Å². The Balaban J connectivity index is 1.98. The van der Waals surface area contributed by atoms with Crippen LogP contribution in [0.3, 0.4) is 0 Å². The van der Waals surface area contributed by atoms with E-state index in [1.165, 1.54) is 23.6 Å². The Labute approximate surface area is 136 Å². The van der Waals surface area contributed by atoms with Gasteiger partial charge < -0.3 is 9.84 Å². The van der Waals surface area contributed by atoms with Gasteiger partial charge in [0.2, 0.25) is 5.13 Å². The number of hydrazone groups is 1. The van der Waals surface area contributed by atoms with E-state index < -0.39 is 0 Å². The molecule has 0 atom stereocenters. The summed E-state index contributed by atoms with van der Waals surface area (Å²) in [5, 5.41) is 24.9. The highest BCUT2D eigenvalue weighted by atomic mass is 32.1. The second-order valence-corrected chi connectivity index (χ2v) is 5.21. The minimum atomic E-state index is -0.328. The van der Waals surface area contributed by atoms with Crippen LogP contribution in [0.2, 0.25) is 0 Å². The number of phenols is 1. The van der Waals surface area contributed by atoms with Gasteiger partial charge in [-0.15, -0.1) is 11.3 Å². The third-order valence-corrected chi connectivity index (χ3v) is 3.53. The number of phenolic OH excluding ortho intramolecular Hbond substituents is 1. The third kappa shape index (κ3) is 4.52. The van der Waals surface area contributed by atoms with E-state index in [-0.39, 0.29) is 23.7 Å². The molecule has 1 aromatic heterocycles. The van der Waals surface area contributed by atoms with E-state index in [0.717, 1.165) is 0 Å². The monoisotopic (exact) mass is 330 g/mol. The fourth-order valence-electron chi connectivity index (χ4n) is 1.71. The average molecular weight is 330 g/mol. The van der Waals surface area contributed by atoms with Crippen molar-refractivity contribution in [1.29, 1.82) is 5.26 Å². The number of thiazole rings is 1. The molecule has 23 heavy (non-hydrogen) atoms. The van der Waals surface area contributed by atoms with Gasteiger partial charge in [-0.3, -0.25) is 10.2 Å². The lowest BCUT2D eigenvalue weighted by Crippen LogP contribution is -2.07. The molecule has 118 valence electrons. The van der Waals surface area contributed by atoms with Gasteiger partial charge in [0.05, 0.1) is 30.5 Å². The lowest BCUT2D eigenvalue weighted by Gasteiger charge is -2.00. The van der Waals surface area contributed by atoms with E-state index in [2.05, 4.69) is 15.5 Å². The summed E-state index contributed by atoms with van der Waals surface area (Å²) in [6.07, 6.45) is 1.50. The first-order chi connectivity index (χ1) is 11.1. The first kappa shape index (κ1) is 16.5. The number of nitrogens with zero attached hydrogens (tertiary/aromatic N) is 3. The molecule has 0 amide bonds. The Hall–Kier alpha value is -2.92. The number of nitriles is 1. The van der Waals surface area contributed by atoms with Crippen LogP contribution in [0.4, 0.5) is 5.13 Å². The Morgan fingerprint density at radius 3 is 3.17 bits per heavy atom. The maximum atomic E-state index is 11.4. The molecule has 0 saturated heterocycles. The molecule has 0 spiro atoms. The fraction of sp³-hybridized carbons (Fsp3) is 0.200. The molecular formula is C15H14N4O3S. The highest BCUT2D eigenvalue weighted by Gasteiger charge is 2.08. The maximum Gasteiger partial charge on any atom is 0.311 e. The SMILES string of the molecule is CCOC(=O)Cc1csc(NN=Cc2cccc(C#N)c2O)n1. The summed E-state index contributed by atoms with van der Waals surface area (Å²) in [6.45, 7) is 2.08. The van der Waals surface area contributed by atoms with Crippen molar-refractivity contribution in [3.05, 3.63) is 40.4 Å². The van der Waals surface area contributed by atoms with Crippen molar-refractivity contribution >= 4 is 28.7 Å². The van der Waals surface area contributed by atoms with Gasteiger partial charge >= 0.3 is 5.97 Å². The Morgan fingerprint density at radius 1 is 1.61 bits per heavy atom. The second-order valence-electron chi connectivity index (χ2n) is 4.35. The third-order valence-electron chi connectivity index (χ3n) is 2.73. The minimum Gasteiger partial charge on any atom is -0.506 e. The van der Waals surface area contributed by atoms with E-state index >= 15 is 0 Å². The molecule has 0 radical (unpaired) electrons. The number of esters is 1. The normalized spacial score (nSPS) is 10.4. The van der Waals surface area contributed by atoms with Gasteiger partial charge in [0.1, 0.15) is 11.8 Å². The van der Waals surface area contributed by atoms with Crippen LogP contribution in [0.1, 0.15) is 23.7 Å². The Morgan fingerprint density at radius 2 is 2.43 bits per heavy atom. The summed E-state index contributed by atoms with van der Waals surface area (Å²) in [5.74, 6) is -0.450. The average Bonchev–Trinajstić information content (AvgIpc) is 2.96. The molecule has 1 aromatic carbocycles. The molecular weight excluding hydrogens is 316 g/mol. The van der Waals surface area contributed by atoms with Gasteiger partial charge in [0.15, 0.2) is 0 Å². The summed E-state index contributed by atoms with van der Waals surface area (Å²) in [7, 11) is 0. The molecule has 0 aliphatic rings. The predicted octanol–water partition coefficient (Wildman–Crippen LogP) is 2.27. The fourth-order valence-corrected chi connectivity index (χ4v) is 2.37. The van der Waals surface area contributed by atoms with Crippen LogP contribution >= 0.6 is 11.3 Å². The van der Waals surface area contributed by atoms with Crippen LogP contribution in [0, 0.1) is 11.3 Å². The Bertz CT molecular complexity index is 764. The number of hydrogen-bond donors (Lipinski definition) is 2. The van der Waals surface area contributed by atoms with Crippen LogP contribution in [0.5, 0.6) is 5.75 Å². The number of carbonyl (C=O) groups excluding carboxylic acids is 1. The molecule has 1 heterocycles. The van der Waals surface area contributed by atoms with Crippen LogP contribution < -0.4 is 5.43 Å². The summed E-state index contributed by atoms with van der Waals surface area (Å²) >= 11 is 1.30. The van der Waals surface area contributed by atoms with Crippen LogP contribution in [-0.2, 0) is 16.0 Å². The zero-order valence-corrected chi connectivity index (χ0v) is 13.1. The van der Waals surface area contributed by atoms with Gasteiger partial charge in [-0.25, -0.2) is 4.98 Å². The van der Waals surface area contributed by atoms with Gasteiger partial charge in [0, 0.05) is 10.9 Å². The minimum absolute atomic E-state index is 0.112. The lowest BCUT2D eigenvalue weighted by atomic mass is 10.1. The number of ether oxygens (including phenoxy) is 1. The number of nitrogens with one attached hydrogen (secondary N) is 1. The van der Waals surface area contributed by atoms with Crippen molar-refractivity contribution in [2.75, 3.05) is 12.0 Å². The lowest BCUT2D eigenvalue weighted by molar-refractivity contribution is -0.142. The molecule has 0 bridgehead atoms. The smallest absolute Gasteiger partial charge is 0.311 e. The summed E-state index contributed by atoms with van der Waals surface area (Å²) < 4.78 is 4.85. The standard InChI is InChI=1S/C15H14N4O3S/c1-2-22-13(20)6-12-9-23-15(18-12)19-17-8-11-5-3-4-10(7-16)14(11)21/h3-5,8-9,21H,2,6H2,1H3,(H,18,19). The number of benzene rings is 1. The predicted molar refractivity (Wildman–Crippen MR) is 86.5 cm³/mol. The first-order valence-corrected chi connectivity index (χ1v) is 7.63. The van der Waals surface area contributed by atoms with Gasteiger partial charge in [-0.05, 0) is 19.1 Å². The molecule has 0 aliphatic carbocycles. The summed E-state index contributed by atoms with van der Waals surface area (Å²) in [5.41, 5.74) is 3.91. The molecule has 2 N–H and O–H groups in total. The van der Waals surface area contributed by atoms with Crippen molar-refractivity contribution in [2.45, 2.75) is 13.3 Å². The van der Waals surface area contributed by atoms with E-state index in [0.29, 0.717) is 23.0 Å². The number of aromatic hydroxyl groups is 1. The van der Waals surface area contributed by atoms with E-state index in [1.54, 1.807) is 24.4 Å². The summed E-state index contributed by atoms with van der Waals surface area (Å²) in [4.78, 5) is 15.6. The Kier molecular flexibility index (Phi) is 5.66. The topological polar surface area (TPSA) is 108 Å². The van der Waals surface area contributed by atoms with Crippen molar-refractivity contribution in [2.24, 2.45) is 5.10 Å².